The lowest BCUT2D eigenvalue weighted by atomic mass is 10.2. The number of carbonyl (C=O) groups is 1. The van der Waals surface area contributed by atoms with Crippen molar-refractivity contribution in [1.29, 1.82) is 0 Å². The number of nitrogens with one attached hydrogen (secondary N) is 1. The Bertz CT molecular complexity index is 831. The smallest absolute Gasteiger partial charge is 0.273 e. The molecule has 1 aromatic heterocycles. The first-order valence-corrected chi connectivity index (χ1v) is 8.74. The molecule has 0 spiro atoms. The van der Waals surface area contributed by atoms with E-state index in [1.54, 1.807) is 24.4 Å². The highest BCUT2D eigenvalue weighted by molar-refractivity contribution is 7.13. The maximum Gasteiger partial charge on any atom is 0.273 e. The van der Waals surface area contributed by atoms with Gasteiger partial charge >= 0.3 is 0 Å². The van der Waals surface area contributed by atoms with Gasteiger partial charge in [0.1, 0.15) is 17.2 Å². The van der Waals surface area contributed by atoms with Crippen LogP contribution in [-0.4, -0.2) is 29.9 Å². The van der Waals surface area contributed by atoms with Crippen molar-refractivity contribution in [1.82, 2.24) is 9.88 Å². The van der Waals surface area contributed by atoms with Crippen LogP contribution < -0.4 is 10.1 Å². The van der Waals surface area contributed by atoms with Crippen LogP contribution in [0.2, 0.25) is 0 Å². The summed E-state index contributed by atoms with van der Waals surface area (Å²) in [7, 11) is 3.56. The first-order chi connectivity index (χ1) is 12.2. The third-order valence-corrected chi connectivity index (χ3v) is 4.47. The van der Waals surface area contributed by atoms with Crippen LogP contribution in [0, 0.1) is 0 Å². The van der Waals surface area contributed by atoms with E-state index in [4.69, 9.17) is 4.74 Å². The number of carbonyl (C=O) groups excluding carboxylic acids is 1. The molecule has 6 heteroatoms. The van der Waals surface area contributed by atoms with Gasteiger partial charge in [0.15, 0.2) is 5.13 Å². The van der Waals surface area contributed by atoms with Gasteiger partial charge in [-0.2, -0.15) is 0 Å². The lowest BCUT2D eigenvalue weighted by Crippen LogP contribution is -2.26. The summed E-state index contributed by atoms with van der Waals surface area (Å²) in [5.74, 6) is 1.47. The lowest BCUT2D eigenvalue weighted by Gasteiger charge is -2.16. The van der Waals surface area contributed by atoms with Crippen molar-refractivity contribution in [3.63, 3.8) is 0 Å². The zero-order chi connectivity index (χ0) is 17.6. The molecule has 0 aliphatic carbocycles. The molecule has 0 unspecified atom stereocenters. The first-order valence-electron chi connectivity index (χ1n) is 7.86. The minimum Gasteiger partial charge on any atom is -0.457 e. The van der Waals surface area contributed by atoms with Gasteiger partial charge in [0.2, 0.25) is 0 Å². The maximum atomic E-state index is 12.4. The number of aromatic nitrogens is 1. The minimum atomic E-state index is -0.0950. The van der Waals surface area contributed by atoms with Crippen LogP contribution in [0.5, 0.6) is 11.5 Å². The van der Waals surface area contributed by atoms with Gasteiger partial charge in [-0.1, -0.05) is 30.3 Å². The summed E-state index contributed by atoms with van der Waals surface area (Å²) >= 11 is 1.42. The largest absolute Gasteiger partial charge is 0.457 e. The fourth-order valence-electron chi connectivity index (χ4n) is 2.32. The van der Waals surface area contributed by atoms with Crippen LogP contribution in [-0.2, 0) is 6.54 Å². The molecule has 25 heavy (non-hydrogen) atoms. The molecule has 0 aliphatic rings. The van der Waals surface area contributed by atoms with Gasteiger partial charge in [0.25, 0.3) is 5.91 Å². The van der Waals surface area contributed by atoms with Gasteiger partial charge in [0.05, 0.1) is 0 Å². The molecule has 128 valence electrons. The number of hydrogen-bond donors (Lipinski definition) is 1. The molecule has 5 nitrogen and oxygen atoms in total. The Balaban J connectivity index is 1.61. The molecule has 0 aliphatic heterocycles. The Morgan fingerprint density at radius 1 is 1.12 bits per heavy atom. The second-order valence-electron chi connectivity index (χ2n) is 5.51. The number of thiazole rings is 1. The highest BCUT2D eigenvalue weighted by atomic mass is 32.1. The van der Waals surface area contributed by atoms with Gasteiger partial charge < -0.3 is 15.0 Å². The standard InChI is InChI=1S/C19H19N3O2S/c1-20-19-21-17(13-25-19)18(23)22(2)12-14-8-10-16(11-9-14)24-15-6-4-3-5-7-15/h3-11,13H,12H2,1-2H3,(H,20,21). The predicted molar refractivity (Wildman–Crippen MR) is 100 cm³/mol. The Labute approximate surface area is 150 Å². The minimum absolute atomic E-state index is 0.0950. The fourth-order valence-corrected chi connectivity index (χ4v) is 2.96. The van der Waals surface area contributed by atoms with Gasteiger partial charge in [0, 0.05) is 26.0 Å². The van der Waals surface area contributed by atoms with E-state index in [9.17, 15) is 4.79 Å². The Morgan fingerprint density at radius 3 is 2.44 bits per heavy atom. The highest BCUT2D eigenvalue weighted by Crippen LogP contribution is 2.22. The molecule has 3 aromatic rings. The molecule has 0 fully saturated rings. The van der Waals surface area contributed by atoms with Crippen LogP contribution in [0.3, 0.4) is 0 Å². The highest BCUT2D eigenvalue weighted by Gasteiger charge is 2.15. The molecule has 0 atom stereocenters. The molecule has 0 saturated heterocycles. The van der Waals surface area contributed by atoms with E-state index in [1.165, 1.54) is 11.3 Å². The molecule has 0 bridgehead atoms. The van der Waals surface area contributed by atoms with E-state index in [2.05, 4.69) is 10.3 Å². The van der Waals surface area contributed by atoms with Crippen LogP contribution in [0.1, 0.15) is 16.1 Å². The number of anilines is 1. The average Bonchev–Trinajstić information content (AvgIpc) is 3.13. The number of rotatable bonds is 6. The van der Waals surface area contributed by atoms with E-state index in [0.29, 0.717) is 12.2 Å². The number of para-hydroxylation sites is 1. The SMILES string of the molecule is CNc1nc(C(=O)N(C)Cc2ccc(Oc3ccccc3)cc2)cs1. The molecule has 0 radical (unpaired) electrons. The van der Waals surface area contributed by atoms with Gasteiger partial charge in [-0.25, -0.2) is 4.98 Å². The third kappa shape index (κ3) is 4.36. The van der Waals surface area contributed by atoms with Crippen molar-refractivity contribution >= 4 is 22.4 Å². The quantitative estimate of drug-likeness (QED) is 0.720. The molecule has 3 rings (SSSR count). The summed E-state index contributed by atoms with van der Waals surface area (Å²) in [6, 6.07) is 17.4. The Morgan fingerprint density at radius 2 is 1.80 bits per heavy atom. The van der Waals surface area contributed by atoms with E-state index in [-0.39, 0.29) is 5.91 Å². The van der Waals surface area contributed by atoms with Gasteiger partial charge in [-0.05, 0) is 29.8 Å². The van der Waals surface area contributed by atoms with E-state index >= 15 is 0 Å². The van der Waals surface area contributed by atoms with Crippen LogP contribution in [0.25, 0.3) is 0 Å². The van der Waals surface area contributed by atoms with Crippen molar-refractivity contribution < 1.29 is 9.53 Å². The van der Waals surface area contributed by atoms with Crippen molar-refractivity contribution in [2.24, 2.45) is 0 Å². The molecule has 2 aromatic carbocycles. The molecular formula is C19H19N3O2S. The zero-order valence-corrected chi connectivity index (χ0v) is 14.9. The van der Waals surface area contributed by atoms with Crippen molar-refractivity contribution in [2.75, 3.05) is 19.4 Å². The summed E-state index contributed by atoms with van der Waals surface area (Å²) < 4.78 is 5.77. The van der Waals surface area contributed by atoms with E-state index in [1.807, 2.05) is 54.6 Å². The van der Waals surface area contributed by atoms with E-state index < -0.39 is 0 Å². The first kappa shape index (κ1) is 17.0. The van der Waals surface area contributed by atoms with Crippen molar-refractivity contribution in [2.45, 2.75) is 6.54 Å². The second-order valence-corrected chi connectivity index (χ2v) is 6.37. The number of benzene rings is 2. The number of amides is 1. The summed E-state index contributed by atoms with van der Waals surface area (Å²) in [4.78, 5) is 18.3. The third-order valence-electron chi connectivity index (χ3n) is 3.61. The lowest BCUT2D eigenvalue weighted by molar-refractivity contribution is 0.0780. The fraction of sp³-hybridized carbons (Fsp3) is 0.158. The molecule has 1 N–H and O–H groups in total. The molecular weight excluding hydrogens is 334 g/mol. The number of hydrogen-bond acceptors (Lipinski definition) is 5. The summed E-state index contributed by atoms with van der Waals surface area (Å²) in [5.41, 5.74) is 1.49. The topological polar surface area (TPSA) is 54.5 Å². The Hall–Kier alpha value is -2.86. The molecule has 0 saturated carbocycles. The van der Waals surface area contributed by atoms with Crippen LogP contribution in [0.15, 0.2) is 60.0 Å². The van der Waals surface area contributed by atoms with Crippen molar-refractivity contribution in [3.05, 3.63) is 71.2 Å². The number of nitrogens with zero attached hydrogens (tertiary/aromatic N) is 2. The summed E-state index contributed by atoms with van der Waals surface area (Å²) in [5, 5.41) is 5.44. The normalized spacial score (nSPS) is 10.3. The van der Waals surface area contributed by atoms with Crippen LogP contribution in [0.4, 0.5) is 5.13 Å². The van der Waals surface area contributed by atoms with E-state index in [0.717, 1.165) is 22.2 Å². The maximum absolute atomic E-state index is 12.4. The average molecular weight is 353 g/mol. The monoisotopic (exact) mass is 353 g/mol. The summed E-state index contributed by atoms with van der Waals surface area (Å²) in [6.45, 7) is 0.511. The zero-order valence-electron chi connectivity index (χ0n) is 14.1. The van der Waals surface area contributed by atoms with Crippen LogP contribution >= 0.6 is 11.3 Å². The van der Waals surface area contributed by atoms with Gasteiger partial charge in [-0.15, -0.1) is 11.3 Å². The molecule has 1 amide bonds. The predicted octanol–water partition coefficient (Wildman–Crippen LogP) is 4.25. The molecule has 1 heterocycles. The van der Waals surface area contributed by atoms with Crippen molar-refractivity contribution in [3.8, 4) is 11.5 Å². The Kier molecular flexibility index (Phi) is 5.30. The number of ether oxygens (including phenoxy) is 1. The summed E-state index contributed by atoms with van der Waals surface area (Å²) in [6.07, 6.45) is 0. The second kappa shape index (κ2) is 7.81. The van der Waals surface area contributed by atoms with Gasteiger partial charge in [-0.3, -0.25) is 4.79 Å².